The number of sulfone groups is 1. The Morgan fingerprint density at radius 3 is 2.33 bits per heavy atom. The third kappa shape index (κ3) is 3.45. The molecule has 0 amide bonds. The van der Waals surface area contributed by atoms with Crippen LogP contribution in [0.15, 0.2) is 58.3 Å². The molecule has 6 heteroatoms. The molecular formula is C18H22N2O3S. The number of hydrogen-bond acceptors (Lipinski definition) is 5. The molecule has 3 rings (SSSR count). The summed E-state index contributed by atoms with van der Waals surface area (Å²) in [5, 5.41) is 12.8. The van der Waals surface area contributed by atoms with Crippen molar-refractivity contribution in [3.63, 3.8) is 0 Å². The Labute approximate surface area is 142 Å². The van der Waals surface area contributed by atoms with Crippen LogP contribution in [0.4, 0.5) is 0 Å². The van der Waals surface area contributed by atoms with Gasteiger partial charge in [-0.1, -0.05) is 18.2 Å². The summed E-state index contributed by atoms with van der Waals surface area (Å²) in [6, 6.07) is 13.1. The van der Waals surface area contributed by atoms with Crippen LogP contribution in [-0.4, -0.2) is 44.6 Å². The zero-order valence-electron chi connectivity index (χ0n) is 13.6. The van der Waals surface area contributed by atoms with Crippen LogP contribution in [0.3, 0.4) is 0 Å². The topological polar surface area (TPSA) is 69.6 Å². The summed E-state index contributed by atoms with van der Waals surface area (Å²) in [5.74, 6) is -0.0555. The molecule has 0 radical (unpaired) electrons. The normalized spacial score (nSPS) is 17.5. The Balaban J connectivity index is 1.83. The molecule has 1 aliphatic heterocycles. The van der Waals surface area contributed by atoms with Gasteiger partial charge in [-0.15, -0.1) is 0 Å². The molecule has 24 heavy (non-hydrogen) atoms. The third-order valence-electron chi connectivity index (χ3n) is 4.50. The van der Waals surface area contributed by atoms with E-state index in [-0.39, 0.29) is 21.6 Å². The first-order chi connectivity index (χ1) is 11.5. The van der Waals surface area contributed by atoms with Crippen molar-refractivity contribution in [2.45, 2.75) is 22.8 Å². The second-order valence-corrected chi connectivity index (χ2v) is 7.98. The molecule has 0 aromatic heterocycles. The van der Waals surface area contributed by atoms with E-state index in [1.807, 2.05) is 12.1 Å². The van der Waals surface area contributed by atoms with Crippen LogP contribution in [0.2, 0.25) is 0 Å². The lowest BCUT2D eigenvalue weighted by Gasteiger charge is -2.33. The maximum absolute atomic E-state index is 12.6. The molecule has 0 bridgehead atoms. The van der Waals surface area contributed by atoms with Crippen molar-refractivity contribution < 1.29 is 13.5 Å². The molecule has 1 fully saturated rings. The molecule has 1 atom stereocenters. The number of phenols is 1. The minimum atomic E-state index is -3.61. The molecule has 2 N–H and O–H groups in total. The minimum Gasteiger partial charge on any atom is -0.508 e. The summed E-state index contributed by atoms with van der Waals surface area (Å²) in [5.41, 5.74) is 1.10. The fourth-order valence-corrected chi connectivity index (χ4v) is 4.29. The molecule has 0 aliphatic carbocycles. The standard InChI is InChI=1S/C18H22N2O3S/c1-14(20-11-9-19-10-12-20)15-5-7-17(8-6-15)24(22,23)18-4-2-3-16(21)13-18/h2-8,13-14,19,21H,9-12H2,1H3/t14-/m0/s1. The van der Waals surface area contributed by atoms with Crippen LogP contribution in [0.5, 0.6) is 5.75 Å². The maximum atomic E-state index is 12.6. The molecule has 0 unspecified atom stereocenters. The van der Waals surface area contributed by atoms with Crippen LogP contribution in [0.25, 0.3) is 0 Å². The predicted molar refractivity (Wildman–Crippen MR) is 92.9 cm³/mol. The Morgan fingerprint density at radius 2 is 1.71 bits per heavy atom. The maximum Gasteiger partial charge on any atom is 0.206 e. The molecule has 128 valence electrons. The molecule has 1 heterocycles. The first-order valence-corrected chi connectivity index (χ1v) is 9.55. The van der Waals surface area contributed by atoms with Gasteiger partial charge in [0.25, 0.3) is 0 Å². The zero-order chi connectivity index (χ0) is 17.2. The average molecular weight is 346 g/mol. The van der Waals surface area contributed by atoms with Crippen molar-refractivity contribution in [2.75, 3.05) is 26.2 Å². The van der Waals surface area contributed by atoms with Crippen molar-refractivity contribution in [2.24, 2.45) is 0 Å². The number of hydrogen-bond donors (Lipinski definition) is 2. The zero-order valence-corrected chi connectivity index (χ0v) is 14.5. The van der Waals surface area contributed by atoms with E-state index < -0.39 is 9.84 Å². The second kappa shape index (κ2) is 6.93. The lowest BCUT2D eigenvalue weighted by molar-refractivity contribution is 0.185. The smallest absolute Gasteiger partial charge is 0.206 e. The molecular weight excluding hydrogens is 324 g/mol. The van der Waals surface area contributed by atoms with E-state index in [1.54, 1.807) is 12.1 Å². The second-order valence-electron chi connectivity index (χ2n) is 6.03. The number of nitrogens with one attached hydrogen (secondary N) is 1. The highest BCUT2D eigenvalue weighted by Crippen LogP contribution is 2.26. The first kappa shape index (κ1) is 17.0. The molecule has 2 aromatic rings. The summed E-state index contributed by atoms with van der Waals surface area (Å²) in [6.45, 7) is 6.09. The van der Waals surface area contributed by atoms with E-state index in [1.165, 1.54) is 24.3 Å². The van der Waals surface area contributed by atoms with Crippen molar-refractivity contribution in [1.29, 1.82) is 0 Å². The van der Waals surface area contributed by atoms with Gasteiger partial charge >= 0.3 is 0 Å². The van der Waals surface area contributed by atoms with E-state index >= 15 is 0 Å². The number of nitrogens with zero attached hydrogens (tertiary/aromatic N) is 1. The molecule has 1 saturated heterocycles. The monoisotopic (exact) mass is 346 g/mol. The van der Waals surface area contributed by atoms with Crippen LogP contribution in [0, 0.1) is 0 Å². The number of aromatic hydroxyl groups is 1. The van der Waals surface area contributed by atoms with Gasteiger partial charge < -0.3 is 10.4 Å². The number of piperazine rings is 1. The molecule has 0 saturated carbocycles. The van der Waals surface area contributed by atoms with Gasteiger partial charge in [-0.2, -0.15) is 0 Å². The van der Waals surface area contributed by atoms with Crippen molar-refractivity contribution in [3.05, 3.63) is 54.1 Å². The largest absolute Gasteiger partial charge is 0.508 e. The van der Waals surface area contributed by atoms with E-state index in [4.69, 9.17) is 0 Å². The van der Waals surface area contributed by atoms with Crippen molar-refractivity contribution in [1.82, 2.24) is 10.2 Å². The highest BCUT2D eigenvalue weighted by atomic mass is 32.2. The Kier molecular flexibility index (Phi) is 4.89. The van der Waals surface area contributed by atoms with Gasteiger partial charge in [0, 0.05) is 32.2 Å². The van der Waals surface area contributed by atoms with E-state index in [0.717, 1.165) is 31.7 Å². The molecule has 2 aromatic carbocycles. The summed E-state index contributed by atoms with van der Waals surface area (Å²) < 4.78 is 25.3. The molecule has 1 aliphatic rings. The van der Waals surface area contributed by atoms with Gasteiger partial charge in [0.1, 0.15) is 5.75 Å². The summed E-state index contributed by atoms with van der Waals surface area (Å²) in [6.07, 6.45) is 0. The quantitative estimate of drug-likeness (QED) is 0.888. The minimum absolute atomic E-state index is 0.0555. The fourth-order valence-electron chi connectivity index (χ4n) is 2.99. The van der Waals surface area contributed by atoms with Gasteiger partial charge in [0.15, 0.2) is 0 Å². The number of benzene rings is 2. The first-order valence-electron chi connectivity index (χ1n) is 8.07. The lowest BCUT2D eigenvalue weighted by atomic mass is 10.1. The van der Waals surface area contributed by atoms with Gasteiger partial charge in [-0.25, -0.2) is 8.42 Å². The summed E-state index contributed by atoms with van der Waals surface area (Å²) in [7, 11) is -3.61. The fraction of sp³-hybridized carbons (Fsp3) is 0.333. The van der Waals surface area contributed by atoms with Crippen LogP contribution < -0.4 is 5.32 Å². The Bertz CT molecular complexity index is 797. The van der Waals surface area contributed by atoms with E-state index in [2.05, 4.69) is 17.1 Å². The van der Waals surface area contributed by atoms with Crippen LogP contribution in [0.1, 0.15) is 18.5 Å². The number of rotatable bonds is 4. The van der Waals surface area contributed by atoms with Gasteiger partial charge in [0.2, 0.25) is 9.84 Å². The highest BCUT2D eigenvalue weighted by Gasteiger charge is 2.21. The van der Waals surface area contributed by atoms with Gasteiger partial charge in [-0.05, 0) is 42.8 Å². The lowest BCUT2D eigenvalue weighted by Crippen LogP contribution is -2.44. The van der Waals surface area contributed by atoms with E-state index in [9.17, 15) is 13.5 Å². The van der Waals surface area contributed by atoms with Gasteiger partial charge in [0.05, 0.1) is 9.79 Å². The van der Waals surface area contributed by atoms with Crippen molar-refractivity contribution in [3.8, 4) is 5.75 Å². The SMILES string of the molecule is C[C@@H](c1ccc(S(=O)(=O)c2cccc(O)c2)cc1)N1CCNCC1. The Morgan fingerprint density at radius 1 is 1.04 bits per heavy atom. The summed E-state index contributed by atoms with van der Waals surface area (Å²) >= 11 is 0. The van der Waals surface area contributed by atoms with Crippen LogP contribution in [-0.2, 0) is 9.84 Å². The van der Waals surface area contributed by atoms with Gasteiger partial charge in [-0.3, -0.25) is 4.90 Å². The third-order valence-corrected chi connectivity index (χ3v) is 6.27. The average Bonchev–Trinajstić information content (AvgIpc) is 2.62. The van der Waals surface area contributed by atoms with E-state index in [0.29, 0.717) is 0 Å². The van der Waals surface area contributed by atoms with Crippen LogP contribution >= 0.6 is 0 Å². The Hall–Kier alpha value is -1.89. The number of phenolic OH excluding ortho intramolecular Hbond substituents is 1. The highest BCUT2D eigenvalue weighted by molar-refractivity contribution is 7.91. The molecule has 5 nitrogen and oxygen atoms in total. The molecule has 0 spiro atoms. The van der Waals surface area contributed by atoms with Crippen molar-refractivity contribution >= 4 is 9.84 Å². The summed E-state index contributed by atoms with van der Waals surface area (Å²) in [4.78, 5) is 2.73. The predicted octanol–water partition coefficient (Wildman–Crippen LogP) is 2.19.